The number of halogens is 1. The summed E-state index contributed by atoms with van der Waals surface area (Å²) in [6.07, 6.45) is 3.50. The molecule has 4 aromatic carbocycles. The smallest absolute Gasteiger partial charge is 0.274 e. The van der Waals surface area contributed by atoms with Gasteiger partial charge in [-0.25, -0.2) is 0 Å². The first-order chi connectivity index (χ1) is 26.2. The molecule has 8 rings (SSSR count). The van der Waals surface area contributed by atoms with Crippen molar-refractivity contribution < 1.29 is 29.1 Å². The summed E-state index contributed by atoms with van der Waals surface area (Å²) in [4.78, 5) is 71.7. The maximum absolute atomic E-state index is 14.0. The van der Waals surface area contributed by atoms with E-state index in [-0.39, 0.29) is 42.4 Å². The first-order valence-electron chi connectivity index (χ1n) is 17.9. The lowest BCUT2D eigenvalue weighted by molar-refractivity contribution is -0.137. The molecule has 4 heterocycles. The van der Waals surface area contributed by atoms with Gasteiger partial charge in [-0.15, -0.1) is 11.6 Å². The van der Waals surface area contributed by atoms with Crippen LogP contribution in [0.5, 0.6) is 5.75 Å². The van der Waals surface area contributed by atoms with E-state index in [1.165, 1.54) is 12.2 Å². The third kappa shape index (κ3) is 6.42. The lowest BCUT2D eigenvalue weighted by atomic mass is 9.95. The monoisotopic (exact) mass is 744 g/mol. The minimum absolute atomic E-state index is 0.0145. The average molecular weight is 745 g/mol. The van der Waals surface area contributed by atoms with Gasteiger partial charge in [0, 0.05) is 96.7 Å². The lowest BCUT2D eigenvalue weighted by Gasteiger charge is -2.27. The van der Waals surface area contributed by atoms with Gasteiger partial charge in [0.15, 0.2) is 0 Å². The van der Waals surface area contributed by atoms with E-state index in [0.717, 1.165) is 43.4 Å². The zero-order chi connectivity index (χ0) is 37.5. The first kappa shape index (κ1) is 34.9. The fraction of sp³-hybridized carbons (Fsp3) is 0.244. The standard InChI is InChI=1S/C41H37ClN6O6/c42-22-26-23-48(33-21-35(49)28-7-2-3-8-29(28)39(26)33)41(54)31-19-25-18-27(10-11-30(25)45-31)44-40(53)34-20-24-6-1-4-9-32(24)46(34)16-5-15-43-36(50)14-17-47-37(51)12-13-38(47)52/h1-4,6-13,18-19,21,26,34,45,49H,5,14-17,20,22-23H2,(H,43,50)(H,44,53)/t26-,34?/m1/s1. The van der Waals surface area contributed by atoms with Crippen LogP contribution in [-0.2, 0) is 25.6 Å². The summed E-state index contributed by atoms with van der Waals surface area (Å²) in [6.45, 7) is 1.29. The highest BCUT2D eigenvalue weighted by Gasteiger charge is 2.36. The van der Waals surface area contributed by atoms with E-state index in [9.17, 15) is 29.1 Å². The molecule has 3 aliphatic heterocycles. The summed E-state index contributed by atoms with van der Waals surface area (Å²) in [6, 6.07) is 23.8. The topological polar surface area (TPSA) is 155 Å². The number of aromatic amines is 1. The Kier molecular flexibility index (Phi) is 9.28. The Morgan fingerprint density at radius 3 is 2.44 bits per heavy atom. The fourth-order valence-electron chi connectivity index (χ4n) is 7.83. The number of rotatable bonds is 11. The summed E-state index contributed by atoms with van der Waals surface area (Å²) >= 11 is 6.40. The molecule has 54 heavy (non-hydrogen) atoms. The molecule has 3 aliphatic rings. The highest BCUT2D eigenvalue weighted by molar-refractivity contribution is 6.19. The van der Waals surface area contributed by atoms with Crippen molar-refractivity contribution in [1.29, 1.82) is 0 Å². The molecule has 0 spiro atoms. The molecule has 1 unspecified atom stereocenters. The molecular formula is C41H37ClN6O6. The number of carbonyl (C=O) groups is 5. The second kappa shape index (κ2) is 14.4. The van der Waals surface area contributed by atoms with Crippen molar-refractivity contribution in [3.63, 3.8) is 0 Å². The van der Waals surface area contributed by atoms with Crippen LogP contribution in [0.25, 0.3) is 21.7 Å². The number of benzene rings is 4. The van der Waals surface area contributed by atoms with Crippen LogP contribution in [0.4, 0.5) is 17.1 Å². The Morgan fingerprint density at radius 2 is 1.65 bits per heavy atom. The number of amides is 5. The summed E-state index contributed by atoms with van der Waals surface area (Å²) in [5.41, 5.74) is 5.31. The number of imide groups is 1. The SMILES string of the molecule is O=C(CCN1C(=O)C=CC1=O)NCCCN1c2ccccc2CC1C(=O)Nc1ccc2[nH]c(C(=O)N3C[C@@H](CCl)c4c3cc(O)c3ccccc43)cc2c1. The van der Waals surface area contributed by atoms with Gasteiger partial charge in [-0.3, -0.25) is 28.9 Å². The van der Waals surface area contributed by atoms with Crippen LogP contribution < -0.4 is 20.4 Å². The van der Waals surface area contributed by atoms with Gasteiger partial charge in [-0.05, 0) is 53.3 Å². The number of phenolic OH excluding ortho intramolecular Hbond substituents is 1. The molecule has 0 saturated carbocycles. The van der Waals surface area contributed by atoms with E-state index in [0.29, 0.717) is 55.4 Å². The molecule has 2 atom stereocenters. The molecule has 0 radical (unpaired) electrons. The highest BCUT2D eigenvalue weighted by atomic mass is 35.5. The molecule has 0 bridgehead atoms. The van der Waals surface area contributed by atoms with Crippen molar-refractivity contribution in [2.24, 2.45) is 0 Å². The zero-order valence-electron chi connectivity index (χ0n) is 29.2. The van der Waals surface area contributed by atoms with E-state index in [2.05, 4.69) is 20.5 Å². The zero-order valence-corrected chi connectivity index (χ0v) is 29.9. The van der Waals surface area contributed by atoms with Gasteiger partial charge in [0.1, 0.15) is 17.5 Å². The average Bonchev–Trinajstić information content (AvgIpc) is 3.95. The van der Waals surface area contributed by atoms with Crippen LogP contribution in [0.3, 0.4) is 0 Å². The minimum Gasteiger partial charge on any atom is -0.507 e. The summed E-state index contributed by atoms with van der Waals surface area (Å²) in [5, 5.41) is 19.1. The number of para-hydroxylation sites is 1. The number of aromatic nitrogens is 1. The number of aromatic hydroxyl groups is 1. The first-order valence-corrected chi connectivity index (χ1v) is 18.4. The number of phenols is 1. The number of fused-ring (bicyclic) bond motifs is 5. The van der Waals surface area contributed by atoms with Gasteiger partial charge < -0.3 is 30.5 Å². The number of nitrogens with zero attached hydrogens (tertiary/aromatic N) is 3. The Hall–Kier alpha value is -6.14. The van der Waals surface area contributed by atoms with Crippen molar-refractivity contribution in [1.82, 2.24) is 15.2 Å². The molecule has 1 aromatic heterocycles. The predicted molar refractivity (Wildman–Crippen MR) is 207 cm³/mol. The highest BCUT2D eigenvalue weighted by Crippen LogP contribution is 2.45. The van der Waals surface area contributed by atoms with Crippen LogP contribution in [0, 0.1) is 0 Å². The van der Waals surface area contributed by atoms with Crippen molar-refractivity contribution in [3.05, 3.63) is 108 Å². The molecule has 5 aromatic rings. The quantitative estimate of drug-likeness (QED) is 0.0824. The van der Waals surface area contributed by atoms with Gasteiger partial charge in [-0.1, -0.05) is 42.5 Å². The molecule has 12 nitrogen and oxygen atoms in total. The van der Waals surface area contributed by atoms with Gasteiger partial charge in [0.05, 0.1) is 5.69 Å². The van der Waals surface area contributed by atoms with Crippen LogP contribution in [0.15, 0.2) is 91.0 Å². The molecule has 13 heteroatoms. The number of hydrogen-bond acceptors (Lipinski definition) is 7. The Morgan fingerprint density at radius 1 is 0.889 bits per heavy atom. The molecule has 0 saturated heterocycles. The lowest BCUT2D eigenvalue weighted by Crippen LogP contribution is -2.43. The van der Waals surface area contributed by atoms with E-state index in [1.54, 1.807) is 23.1 Å². The summed E-state index contributed by atoms with van der Waals surface area (Å²) in [5.74, 6) is -1.18. The van der Waals surface area contributed by atoms with E-state index in [1.807, 2.05) is 60.7 Å². The van der Waals surface area contributed by atoms with E-state index >= 15 is 0 Å². The number of nitrogens with one attached hydrogen (secondary N) is 3. The molecular weight excluding hydrogens is 708 g/mol. The minimum atomic E-state index is -0.477. The molecule has 4 N–H and O–H groups in total. The molecule has 274 valence electrons. The largest absolute Gasteiger partial charge is 0.507 e. The Bertz CT molecular complexity index is 2370. The van der Waals surface area contributed by atoms with Gasteiger partial charge in [0.25, 0.3) is 17.7 Å². The maximum Gasteiger partial charge on any atom is 0.274 e. The Labute approximate surface area is 315 Å². The Balaban J connectivity index is 0.929. The number of alkyl halides is 1. The van der Waals surface area contributed by atoms with Crippen LogP contribution in [0.2, 0.25) is 0 Å². The second-order valence-corrected chi connectivity index (χ2v) is 14.1. The summed E-state index contributed by atoms with van der Waals surface area (Å²) in [7, 11) is 0. The number of hydrogen-bond donors (Lipinski definition) is 4. The number of carbonyl (C=O) groups excluding carboxylic acids is 5. The van der Waals surface area contributed by atoms with Gasteiger partial charge >= 0.3 is 0 Å². The van der Waals surface area contributed by atoms with Crippen molar-refractivity contribution >= 4 is 79.9 Å². The molecule has 5 amide bonds. The van der Waals surface area contributed by atoms with E-state index in [4.69, 9.17) is 11.6 Å². The van der Waals surface area contributed by atoms with Crippen molar-refractivity contribution in [3.8, 4) is 5.75 Å². The van der Waals surface area contributed by atoms with Crippen LogP contribution in [0.1, 0.15) is 40.4 Å². The number of anilines is 3. The maximum atomic E-state index is 14.0. The fourth-order valence-corrected chi connectivity index (χ4v) is 8.08. The number of H-pyrrole nitrogens is 1. The van der Waals surface area contributed by atoms with E-state index < -0.39 is 17.9 Å². The summed E-state index contributed by atoms with van der Waals surface area (Å²) < 4.78 is 0. The predicted octanol–water partition coefficient (Wildman–Crippen LogP) is 5.20. The van der Waals surface area contributed by atoms with Crippen LogP contribution in [-0.4, -0.2) is 82.6 Å². The second-order valence-electron chi connectivity index (χ2n) is 13.8. The third-order valence-corrected chi connectivity index (χ3v) is 10.8. The normalized spacial score (nSPS) is 17.5. The van der Waals surface area contributed by atoms with Crippen LogP contribution >= 0.6 is 11.6 Å². The van der Waals surface area contributed by atoms with Gasteiger partial charge in [0.2, 0.25) is 11.8 Å². The van der Waals surface area contributed by atoms with Gasteiger partial charge in [-0.2, -0.15) is 0 Å². The molecule has 0 aliphatic carbocycles. The van der Waals surface area contributed by atoms with Crippen molar-refractivity contribution in [2.75, 3.05) is 47.2 Å². The third-order valence-electron chi connectivity index (χ3n) is 10.4. The molecule has 0 fully saturated rings. The van der Waals surface area contributed by atoms with Crippen molar-refractivity contribution in [2.45, 2.75) is 31.2 Å².